The predicted octanol–water partition coefficient (Wildman–Crippen LogP) is 3.56. The van der Waals surface area contributed by atoms with Crippen molar-refractivity contribution in [2.45, 2.75) is 9.79 Å². The van der Waals surface area contributed by atoms with E-state index in [1.54, 1.807) is 12.1 Å². The smallest absolute Gasteiger partial charge is 0.266 e. The molecular formula is C15H11FN2OS. The Bertz CT molecular complexity index is 797. The summed E-state index contributed by atoms with van der Waals surface area (Å²) in [5.41, 5.74) is 6.59. The summed E-state index contributed by atoms with van der Waals surface area (Å²) in [4.78, 5) is 16.0. The highest BCUT2D eigenvalue weighted by Crippen LogP contribution is 2.36. The first-order chi connectivity index (χ1) is 9.65. The van der Waals surface area contributed by atoms with Gasteiger partial charge in [0.2, 0.25) is 0 Å². The van der Waals surface area contributed by atoms with Crippen molar-refractivity contribution in [3.63, 3.8) is 0 Å². The van der Waals surface area contributed by atoms with Gasteiger partial charge in [-0.3, -0.25) is 4.79 Å². The van der Waals surface area contributed by atoms with Gasteiger partial charge in [-0.2, -0.15) is 0 Å². The van der Waals surface area contributed by atoms with Gasteiger partial charge in [-0.25, -0.2) is 4.39 Å². The van der Waals surface area contributed by atoms with Gasteiger partial charge in [0.05, 0.1) is 4.90 Å². The van der Waals surface area contributed by atoms with Gasteiger partial charge >= 0.3 is 0 Å². The average molecular weight is 286 g/mol. The second-order valence-electron chi connectivity index (χ2n) is 4.30. The number of benzene rings is 2. The summed E-state index contributed by atoms with van der Waals surface area (Å²) in [7, 11) is 0. The maximum Gasteiger partial charge on any atom is 0.266 e. The lowest BCUT2D eigenvalue weighted by Gasteiger charge is -2.02. The van der Waals surface area contributed by atoms with Crippen LogP contribution >= 0.6 is 11.8 Å². The molecule has 20 heavy (non-hydrogen) atoms. The van der Waals surface area contributed by atoms with Crippen molar-refractivity contribution >= 4 is 28.6 Å². The Morgan fingerprint density at radius 2 is 1.95 bits per heavy atom. The minimum Gasteiger partial charge on any atom is -0.364 e. The molecule has 0 radical (unpaired) electrons. The molecule has 0 spiro atoms. The first-order valence-corrected chi connectivity index (χ1v) is 6.81. The number of carbonyl (C=O) groups is 1. The van der Waals surface area contributed by atoms with E-state index in [9.17, 15) is 9.18 Å². The Balaban J connectivity index is 2.14. The molecule has 0 fully saturated rings. The standard InChI is InChI=1S/C15H11FN2OS/c16-9-4-3-5-10(8-9)20-14-11-6-1-2-7-12(11)18-13(14)15(17)19/h1-8,18H,(H2,17,19). The van der Waals surface area contributed by atoms with Gasteiger partial charge in [-0.1, -0.05) is 36.0 Å². The molecule has 0 unspecified atom stereocenters. The predicted molar refractivity (Wildman–Crippen MR) is 77.3 cm³/mol. The Labute approximate surface area is 119 Å². The van der Waals surface area contributed by atoms with E-state index < -0.39 is 5.91 Å². The number of nitrogens with one attached hydrogen (secondary N) is 1. The quantitative estimate of drug-likeness (QED) is 0.773. The molecule has 1 amide bonds. The lowest BCUT2D eigenvalue weighted by atomic mass is 10.2. The first-order valence-electron chi connectivity index (χ1n) is 5.99. The second kappa shape index (κ2) is 5.02. The number of aromatic amines is 1. The Hall–Kier alpha value is -2.27. The Morgan fingerprint density at radius 1 is 1.15 bits per heavy atom. The molecule has 0 saturated carbocycles. The summed E-state index contributed by atoms with van der Waals surface area (Å²) in [6.45, 7) is 0. The molecule has 3 nitrogen and oxygen atoms in total. The van der Waals surface area contributed by atoms with E-state index in [1.165, 1.54) is 23.9 Å². The van der Waals surface area contributed by atoms with E-state index in [0.717, 1.165) is 20.7 Å². The number of H-pyrrole nitrogens is 1. The number of aromatic nitrogens is 1. The number of carbonyl (C=O) groups excluding carboxylic acids is 1. The van der Waals surface area contributed by atoms with Gasteiger partial charge in [-0.05, 0) is 24.3 Å². The SMILES string of the molecule is NC(=O)c1[nH]c2ccccc2c1Sc1cccc(F)c1. The van der Waals surface area contributed by atoms with Crippen molar-refractivity contribution in [3.05, 3.63) is 60.0 Å². The lowest BCUT2D eigenvalue weighted by molar-refractivity contribution is 0.0993. The van der Waals surface area contributed by atoms with Crippen LogP contribution in [0.25, 0.3) is 10.9 Å². The van der Waals surface area contributed by atoms with Crippen molar-refractivity contribution in [3.8, 4) is 0 Å². The van der Waals surface area contributed by atoms with Gasteiger partial charge in [0.25, 0.3) is 5.91 Å². The van der Waals surface area contributed by atoms with Crippen LogP contribution in [0.3, 0.4) is 0 Å². The van der Waals surface area contributed by atoms with Crippen molar-refractivity contribution in [2.24, 2.45) is 5.73 Å². The van der Waals surface area contributed by atoms with E-state index >= 15 is 0 Å². The normalized spacial score (nSPS) is 10.8. The molecular weight excluding hydrogens is 275 g/mol. The van der Waals surface area contributed by atoms with Gasteiger partial charge in [0.1, 0.15) is 11.5 Å². The average Bonchev–Trinajstić information content (AvgIpc) is 2.78. The lowest BCUT2D eigenvalue weighted by Crippen LogP contribution is -2.12. The van der Waals surface area contributed by atoms with E-state index in [1.807, 2.05) is 24.3 Å². The van der Waals surface area contributed by atoms with Gasteiger partial charge in [-0.15, -0.1) is 0 Å². The highest BCUT2D eigenvalue weighted by Gasteiger charge is 2.16. The molecule has 3 N–H and O–H groups in total. The topological polar surface area (TPSA) is 58.9 Å². The van der Waals surface area contributed by atoms with Gasteiger partial charge in [0.15, 0.2) is 0 Å². The maximum atomic E-state index is 13.3. The fourth-order valence-electron chi connectivity index (χ4n) is 2.04. The van der Waals surface area contributed by atoms with Gasteiger partial charge in [0, 0.05) is 15.8 Å². The van der Waals surface area contributed by atoms with Crippen LogP contribution in [0, 0.1) is 5.82 Å². The molecule has 0 aliphatic heterocycles. The van der Waals surface area contributed by atoms with Crippen molar-refractivity contribution in [2.75, 3.05) is 0 Å². The first kappa shape index (κ1) is 12.7. The molecule has 5 heteroatoms. The molecule has 0 aliphatic carbocycles. The molecule has 0 saturated heterocycles. The number of para-hydroxylation sites is 1. The highest BCUT2D eigenvalue weighted by molar-refractivity contribution is 7.99. The van der Waals surface area contributed by atoms with Crippen molar-refractivity contribution < 1.29 is 9.18 Å². The van der Waals surface area contributed by atoms with E-state index in [-0.39, 0.29) is 5.82 Å². The van der Waals surface area contributed by atoms with Crippen LogP contribution in [-0.4, -0.2) is 10.9 Å². The summed E-state index contributed by atoms with van der Waals surface area (Å²) in [6, 6.07) is 13.8. The van der Waals surface area contributed by atoms with Crippen LogP contribution in [0.5, 0.6) is 0 Å². The molecule has 0 atom stereocenters. The van der Waals surface area contributed by atoms with E-state index in [0.29, 0.717) is 5.69 Å². The van der Waals surface area contributed by atoms with Crippen LogP contribution in [0.15, 0.2) is 58.3 Å². The van der Waals surface area contributed by atoms with Crippen molar-refractivity contribution in [1.29, 1.82) is 0 Å². The van der Waals surface area contributed by atoms with Crippen LogP contribution < -0.4 is 5.73 Å². The number of nitrogens with two attached hydrogens (primary N) is 1. The monoisotopic (exact) mass is 286 g/mol. The Morgan fingerprint density at radius 3 is 2.70 bits per heavy atom. The molecule has 2 aromatic carbocycles. The molecule has 3 aromatic rings. The zero-order chi connectivity index (χ0) is 14.1. The third-order valence-corrected chi connectivity index (χ3v) is 4.04. The molecule has 0 bridgehead atoms. The summed E-state index contributed by atoms with van der Waals surface area (Å²) < 4.78 is 13.3. The third kappa shape index (κ3) is 2.28. The summed E-state index contributed by atoms with van der Waals surface area (Å²) in [6.07, 6.45) is 0. The Kier molecular flexibility index (Phi) is 3.20. The fraction of sp³-hybridized carbons (Fsp3) is 0. The third-order valence-electron chi connectivity index (χ3n) is 2.92. The molecule has 0 aliphatic rings. The van der Waals surface area contributed by atoms with Crippen LogP contribution in [0.2, 0.25) is 0 Å². The summed E-state index contributed by atoms with van der Waals surface area (Å²) in [5.74, 6) is -0.837. The fourth-order valence-corrected chi connectivity index (χ4v) is 3.14. The zero-order valence-electron chi connectivity index (χ0n) is 10.4. The van der Waals surface area contributed by atoms with Crippen LogP contribution in [-0.2, 0) is 0 Å². The maximum absolute atomic E-state index is 13.3. The molecule has 1 heterocycles. The van der Waals surface area contributed by atoms with E-state index in [2.05, 4.69) is 4.98 Å². The van der Waals surface area contributed by atoms with Crippen LogP contribution in [0.1, 0.15) is 10.5 Å². The highest BCUT2D eigenvalue weighted by atomic mass is 32.2. The second-order valence-corrected chi connectivity index (χ2v) is 5.38. The largest absolute Gasteiger partial charge is 0.364 e. The number of primary amides is 1. The zero-order valence-corrected chi connectivity index (χ0v) is 11.2. The molecule has 1 aromatic heterocycles. The van der Waals surface area contributed by atoms with Gasteiger partial charge < -0.3 is 10.7 Å². The van der Waals surface area contributed by atoms with Crippen LogP contribution in [0.4, 0.5) is 4.39 Å². The molecule has 100 valence electrons. The summed E-state index contributed by atoms with van der Waals surface area (Å²) >= 11 is 1.32. The summed E-state index contributed by atoms with van der Waals surface area (Å²) in [5, 5.41) is 0.899. The van der Waals surface area contributed by atoms with Crippen molar-refractivity contribution in [1.82, 2.24) is 4.98 Å². The molecule has 3 rings (SSSR count). The number of rotatable bonds is 3. The number of hydrogen-bond acceptors (Lipinski definition) is 2. The number of hydrogen-bond donors (Lipinski definition) is 2. The van der Waals surface area contributed by atoms with E-state index in [4.69, 9.17) is 5.73 Å². The number of fused-ring (bicyclic) bond motifs is 1. The number of halogens is 1. The minimum atomic E-state index is -0.528. The minimum absolute atomic E-state index is 0.310. The number of amides is 1.